The molecule has 0 aliphatic rings. The Morgan fingerprint density at radius 2 is 1.92 bits per heavy atom. The zero-order valence-electron chi connectivity index (χ0n) is 8.06. The van der Waals surface area contributed by atoms with Crippen LogP contribution in [0.4, 0.5) is 0 Å². The zero-order chi connectivity index (χ0) is 10.4. The van der Waals surface area contributed by atoms with E-state index >= 15 is 0 Å². The van der Waals surface area contributed by atoms with Crippen LogP contribution in [0.2, 0.25) is 0 Å². The molecule has 0 aromatic heterocycles. The van der Waals surface area contributed by atoms with Crippen molar-refractivity contribution in [1.82, 2.24) is 0 Å². The molecule has 13 heavy (non-hydrogen) atoms. The Kier molecular flexibility index (Phi) is 5.16. The lowest BCUT2D eigenvalue weighted by molar-refractivity contribution is 0.408. The molecule has 3 heteroatoms. The molecule has 72 valence electrons. The number of nitrogens with one attached hydrogen (secondary N) is 1. The monoisotopic (exact) mass is 199 g/mol. The van der Waals surface area contributed by atoms with Gasteiger partial charge in [-0.1, -0.05) is 23.8 Å². The summed E-state index contributed by atoms with van der Waals surface area (Å²) in [6.07, 6.45) is 5.13. The smallest absolute Gasteiger partial charge is 0.121 e. The van der Waals surface area contributed by atoms with E-state index in [1.54, 1.807) is 19.9 Å². The number of rotatable bonds is 3. The highest BCUT2D eigenvalue weighted by atomic mass is 35.5. The number of aliphatic hydroxyl groups excluding tert-OH is 1. The number of aliphatic hydroxyl groups is 1. The van der Waals surface area contributed by atoms with Crippen molar-refractivity contribution in [3.8, 4) is 0 Å². The minimum absolute atomic E-state index is 0.0475. The van der Waals surface area contributed by atoms with Gasteiger partial charge in [-0.2, -0.15) is 0 Å². The highest BCUT2D eigenvalue weighted by Gasteiger charge is 2.00. The quantitative estimate of drug-likeness (QED) is 0.408. The summed E-state index contributed by atoms with van der Waals surface area (Å²) in [7, 11) is 0. The zero-order valence-corrected chi connectivity index (χ0v) is 8.81. The van der Waals surface area contributed by atoms with E-state index < -0.39 is 0 Å². The summed E-state index contributed by atoms with van der Waals surface area (Å²) in [6.45, 7) is 5.25. The average Bonchev–Trinajstić information content (AvgIpc) is 2.01. The third-order valence-electron chi connectivity index (χ3n) is 1.60. The molecular formula is C10H14ClNO. The standard InChI is InChI=1S/C10H14ClNO/c1-4-5-9(6-10(11)12)7(2)8(3)13/h4-6,12-13H,1-3H3/b5-4-,8-7+,9-6-,12-10?. The van der Waals surface area contributed by atoms with Gasteiger partial charge in [0.1, 0.15) is 5.17 Å². The molecule has 0 aromatic carbocycles. The average molecular weight is 200 g/mol. The maximum atomic E-state index is 9.22. The molecule has 0 bridgehead atoms. The van der Waals surface area contributed by atoms with Gasteiger partial charge in [0.25, 0.3) is 0 Å². The lowest BCUT2D eigenvalue weighted by atomic mass is 10.1. The Morgan fingerprint density at radius 3 is 2.23 bits per heavy atom. The molecular weight excluding hydrogens is 186 g/mol. The Hall–Kier alpha value is -1.02. The summed E-state index contributed by atoms with van der Waals surface area (Å²) in [5.41, 5.74) is 1.48. The maximum absolute atomic E-state index is 9.22. The molecule has 0 spiro atoms. The van der Waals surface area contributed by atoms with Crippen LogP contribution in [0.5, 0.6) is 0 Å². The molecule has 2 N–H and O–H groups in total. The van der Waals surface area contributed by atoms with E-state index in [4.69, 9.17) is 17.0 Å². The summed E-state index contributed by atoms with van der Waals surface area (Å²) in [5, 5.41) is 16.3. The minimum atomic E-state index is -0.0475. The van der Waals surface area contributed by atoms with Crippen LogP contribution in [-0.4, -0.2) is 10.3 Å². The van der Waals surface area contributed by atoms with Crippen molar-refractivity contribution in [2.75, 3.05) is 0 Å². The van der Waals surface area contributed by atoms with Crippen molar-refractivity contribution in [3.05, 3.63) is 35.1 Å². The van der Waals surface area contributed by atoms with Gasteiger partial charge in [-0.05, 0) is 38.0 Å². The Morgan fingerprint density at radius 1 is 1.38 bits per heavy atom. The van der Waals surface area contributed by atoms with Gasteiger partial charge in [-0.25, -0.2) is 0 Å². The van der Waals surface area contributed by atoms with E-state index in [0.717, 1.165) is 11.1 Å². The van der Waals surface area contributed by atoms with Crippen LogP contribution in [0, 0.1) is 5.41 Å². The molecule has 0 fully saturated rings. The summed E-state index contributed by atoms with van der Waals surface area (Å²) >= 11 is 5.43. The van der Waals surface area contributed by atoms with Crippen molar-refractivity contribution in [3.63, 3.8) is 0 Å². The topological polar surface area (TPSA) is 44.1 Å². The van der Waals surface area contributed by atoms with Gasteiger partial charge < -0.3 is 5.11 Å². The molecule has 0 aromatic rings. The molecule has 0 heterocycles. The molecule has 0 aliphatic heterocycles. The van der Waals surface area contributed by atoms with Gasteiger partial charge in [0.05, 0.1) is 5.76 Å². The van der Waals surface area contributed by atoms with Crippen molar-refractivity contribution in [2.45, 2.75) is 20.8 Å². The molecule has 0 aliphatic carbocycles. The molecule has 0 atom stereocenters. The second kappa shape index (κ2) is 5.60. The van der Waals surface area contributed by atoms with Gasteiger partial charge in [0.15, 0.2) is 0 Å². The second-order valence-electron chi connectivity index (χ2n) is 2.66. The predicted molar refractivity (Wildman–Crippen MR) is 57.5 cm³/mol. The Bertz CT molecular complexity index is 283. The normalized spacial score (nSPS) is 14.6. The second-order valence-corrected chi connectivity index (χ2v) is 3.07. The first-order chi connectivity index (χ1) is 5.99. The van der Waals surface area contributed by atoms with E-state index in [0.29, 0.717) is 0 Å². The molecule has 0 saturated carbocycles. The van der Waals surface area contributed by atoms with Crippen LogP contribution < -0.4 is 0 Å². The largest absolute Gasteiger partial charge is 0.512 e. The van der Waals surface area contributed by atoms with Crippen LogP contribution in [0.15, 0.2) is 35.1 Å². The van der Waals surface area contributed by atoms with E-state index in [1.165, 1.54) is 6.08 Å². The van der Waals surface area contributed by atoms with Crippen LogP contribution in [0.1, 0.15) is 20.8 Å². The van der Waals surface area contributed by atoms with Gasteiger partial charge in [0, 0.05) is 0 Å². The van der Waals surface area contributed by atoms with Gasteiger partial charge in [-0.3, -0.25) is 5.41 Å². The summed E-state index contributed by atoms with van der Waals surface area (Å²) in [5.74, 6) is 0.238. The lowest BCUT2D eigenvalue weighted by Crippen LogP contribution is -1.89. The molecule has 0 unspecified atom stereocenters. The lowest BCUT2D eigenvalue weighted by Gasteiger charge is -2.03. The van der Waals surface area contributed by atoms with E-state index in [2.05, 4.69) is 0 Å². The fraction of sp³-hybridized carbons (Fsp3) is 0.300. The fourth-order valence-electron chi connectivity index (χ4n) is 0.806. The van der Waals surface area contributed by atoms with E-state index in [9.17, 15) is 5.11 Å². The van der Waals surface area contributed by atoms with E-state index in [1.807, 2.05) is 13.0 Å². The summed E-state index contributed by atoms with van der Waals surface area (Å²) in [6, 6.07) is 0. The van der Waals surface area contributed by atoms with E-state index in [-0.39, 0.29) is 10.9 Å². The van der Waals surface area contributed by atoms with Gasteiger partial charge in [0.2, 0.25) is 0 Å². The minimum Gasteiger partial charge on any atom is -0.512 e. The number of halogens is 1. The summed E-state index contributed by atoms with van der Waals surface area (Å²) < 4.78 is 0. The first-order valence-corrected chi connectivity index (χ1v) is 4.32. The predicted octanol–water partition coefficient (Wildman–Crippen LogP) is 3.56. The molecule has 0 amide bonds. The third kappa shape index (κ3) is 4.53. The summed E-state index contributed by atoms with van der Waals surface area (Å²) in [4.78, 5) is 0. The number of hydrogen-bond donors (Lipinski definition) is 2. The van der Waals surface area contributed by atoms with Gasteiger partial charge in [-0.15, -0.1) is 0 Å². The highest BCUT2D eigenvalue weighted by Crippen LogP contribution is 2.14. The first-order valence-electron chi connectivity index (χ1n) is 3.94. The highest BCUT2D eigenvalue weighted by molar-refractivity contribution is 6.67. The maximum Gasteiger partial charge on any atom is 0.121 e. The number of hydrogen-bond acceptors (Lipinski definition) is 2. The van der Waals surface area contributed by atoms with Crippen LogP contribution >= 0.6 is 11.6 Å². The molecule has 0 rings (SSSR count). The fourth-order valence-corrected chi connectivity index (χ4v) is 0.924. The van der Waals surface area contributed by atoms with Crippen molar-refractivity contribution >= 4 is 16.8 Å². The third-order valence-corrected chi connectivity index (χ3v) is 1.71. The van der Waals surface area contributed by atoms with Crippen molar-refractivity contribution < 1.29 is 5.11 Å². The Balaban J connectivity index is 5.05. The number of allylic oxidation sites excluding steroid dienone is 6. The molecule has 0 radical (unpaired) electrons. The van der Waals surface area contributed by atoms with Crippen molar-refractivity contribution in [2.24, 2.45) is 0 Å². The van der Waals surface area contributed by atoms with Crippen LogP contribution in [0.3, 0.4) is 0 Å². The van der Waals surface area contributed by atoms with Gasteiger partial charge >= 0.3 is 0 Å². The van der Waals surface area contributed by atoms with Crippen LogP contribution in [-0.2, 0) is 0 Å². The Labute approximate surface area is 83.7 Å². The SMILES string of the molecule is C\C=C/C(=C/C(=N)Cl)C(/C)=C(\C)O. The first kappa shape index (κ1) is 12.0. The van der Waals surface area contributed by atoms with Crippen LogP contribution in [0.25, 0.3) is 0 Å². The molecule has 2 nitrogen and oxygen atoms in total. The molecule has 0 saturated heterocycles. The van der Waals surface area contributed by atoms with Crippen molar-refractivity contribution in [1.29, 1.82) is 5.41 Å².